The molecule has 1 aromatic carbocycles. The Morgan fingerprint density at radius 1 is 1.12 bits per heavy atom. The molecule has 1 saturated carbocycles. The zero-order valence-corrected chi connectivity index (χ0v) is 15.2. The topological polar surface area (TPSA) is 67.2 Å². The molecule has 26 heavy (non-hydrogen) atoms. The number of benzene rings is 1. The van der Waals surface area contributed by atoms with Crippen molar-refractivity contribution >= 4 is 33.1 Å². The maximum absolute atomic E-state index is 12.6. The van der Waals surface area contributed by atoms with E-state index in [1.54, 1.807) is 27.7 Å². The van der Waals surface area contributed by atoms with E-state index in [0.717, 1.165) is 49.1 Å². The van der Waals surface area contributed by atoms with Crippen LogP contribution in [-0.4, -0.2) is 45.9 Å². The van der Waals surface area contributed by atoms with Gasteiger partial charge in [0.05, 0.1) is 17.2 Å². The van der Waals surface area contributed by atoms with E-state index in [-0.39, 0.29) is 5.56 Å². The van der Waals surface area contributed by atoms with Crippen molar-refractivity contribution in [3.8, 4) is 0 Å². The number of anilines is 2. The molecule has 7 nitrogen and oxygen atoms in total. The van der Waals surface area contributed by atoms with Gasteiger partial charge in [-0.05, 0) is 37.0 Å². The van der Waals surface area contributed by atoms with Crippen LogP contribution in [0, 0.1) is 5.92 Å². The zero-order valence-electron chi connectivity index (χ0n) is 14.4. The minimum atomic E-state index is 0.0783. The van der Waals surface area contributed by atoms with Gasteiger partial charge in [0.2, 0.25) is 5.13 Å². The minimum absolute atomic E-state index is 0.0783. The molecule has 0 atom stereocenters. The Labute approximate surface area is 154 Å². The lowest BCUT2D eigenvalue weighted by Gasteiger charge is -2.35. The van der Waals surface area contributed by atoms with E-state index in [1.165, 1.54) is 12.8 Å². The minimum Gasteiger partial charge on any atom is -0.368 e. The lowest BCUT2D eigenvalue weighted by molar-refractivity contribution is 0.602. The van der Waals surface area contributed by atoms with Crippen LogP contribution in [0.4, 0.5) is 10.8 Å². The first kappa shape index (κ1) is 15.7. The Bertz CT molecular complexity index is 973. The largest absolute Gasteiger partial charge is 0.368 e. The number of piperazine rings is 1. The lowest BCUT2D eigenvalue weighted by atomic mass is 10.2. The van der Waals surface area contributed by atoms with Crippen molar-refractivity contribution in [2.24, 2.45) is 5.92 Å². The van der Waals surface area contributed by atoms with Gasteiger partial charge in [0.1, 0.15) is 5.51 Å². The van der Waals surface area contributed by atoms with Crippen molar-refractivity contribution in [2.75, 3.05) is 36.0 Å². The van der Waals surface area contributed by atoms with E-state index < -0.39 is 0 Å². The standard InChI is InChI=1S/C18H20N6OS/c25-17-15-4-3-14(9-16(15)19-11-24(17)10-13-1-2-13)22-5-7-23(8-6-22)18-21-20-12-26-18/h3-4,9,11-13H,1-2,5-8,10H2. The van der Waals surface area contributed by atoms with Crippen LogP contribution >= 0.6 is 11.3 Å². The van der Waals surface area contributed by atoms with Gasteiger partial charge in [0.25, 0.3) is 5.56 Å². The lowest BCUT2D eigenvalue weighted by Crippen LogP contribution is -2.46. The van der Waals surface area contributed by atoms with Gasteiger partial charge in [-0.3, -0.25) is 9.36 Å². The average molecular weight is 368 g/mol. The normalized spacial score (nSPS) is 17.8. The first-order valence-electron chi connectivity index (χ1n) is 9.03. The van der Waals surface area contributed by atoms with Crippen LogP contribution in [0.25, 0.3) is 10.9 Å². The first-order valence-corrected chi connectivity index (χ1v) is 9.91. The van der Waals surface area contributed by atoms with Gasteiger partial charge < -0.3 is 9.80 Å². The zero-order chi connectivity index (χ0) is 17.5. The predicted octanol–water partition coefficient (Wildman–Crippen LogP) is 1.98. The summed E-state index contributed by atoms with van der Waals surface area (Å²) in [4.78, 5) is 21.8. The monoisotopic (exact) mass is 368 g/mol. The van der Waals surface area contributed by atoms with Gasteiger partial charge in [0, 0.05) is 38.4 Å². The van der Waals surface area contributed by atoms with Crippen LogP contribution < -0.4 is 15.4 Å². The molecule has 0 spiro atoms. The number of rotatable bonds is 4. The summed E-state index contributed by atoms with van der Waals surface area (Å²) >= 11 is 1.58. The fourth-order valence-corrected chi connectivity index (χ4v) is 4.13. The van der Waals surface area contributed by atoms with Gasteiger partial charge in [-0.25, -0.2) is 4.98 Å². The second-order valence-electron chi connectivity index (χ2n) is 7.04. The van der Waals surface area contributed by atoms with Crippen molar-refractivity contribution in [3.05, 3.63) is 40.4 Å². The number of nitrogens with zero attached hydrogens (tertiary/aromatic N) is 6. The molecular formula is C18H20N6OS. The molecule has 2 fully saturated rings. The smallest absolute Gasteiger partial charge is 0.261 e. The fourth-order valence-electron chi connectivity index (χ4n) is 3.51. The Kier molecular flexibility index (Phi) is 3.85. The summed E-state index contributed by atoms with van der Waals surface area (Å²) in [7, 11) is 0. The fraction of sp³-hybridized carbons (Fsp3) is 0.444. The molecule has 8 heteroatoms. The van der Waals surface area contributed by atoms with Gasteiger partial charge >= 0.3 is 0 Å². The highest BCUT2D eigenvalue weighted by molar-refractivity contribution is 7.13. The van der Waals surface area contributed by atoms with E-state index in [4.69, 9.17) is 0 Å². The van der Waals surface area contributed by atoms with Crippen LogP contribution in [0.3, 0.4) is 0 Å². The number of fused-ring (bicyclic) bond motifs is 1. The maximum atomic E-state index is 12.6. The molecule has 2 aromatic heterocycles. The number of hydrogen-bond acceptors (Lipinski definition) is 7. The third-order valence-corrected chi connectivity index (χ3v) is 5.97. The second-order valence-corrected chi connectivity index (χ2v) is 7.85. The molecule has 3 aromatic rings. The Hall–Kier alpha value is -2.48. The maximum Gasteiger partial charge on any atom is 0.261 e. The summed E-state index contributed by atoms with van der Waals surface area (Å²) in [6.07, 6.45) is 4.17. The van der Waals surface area contributed by atoms with E-state index in [1.807, 2.05) is 18.2 Å². The highest BCUT2D eigenvalue weighted by Gasteiger charge is 2.23. The molecule has 0 amide bonds. The SMILES string of the molecule is O=c1c2ccc(N3CCN(c4nncs4)CC3)cc2ncn1CC1CC1. The van der Waals surface area contributed by atoms with Gasteiger partial charge in [-0.1, -0.05) is 11.3 Å². The van der Waals surface area contributed by atoms with Gasteiger partial charge in [-0.2, -0.15) is 0 Å². The average Bonchev–Trinajstić information content (AvgIpc) is 3.33. The molecule has 0 bridgehead atoms. The summed E-state index contributed by atoms with van der Waals surface area (Å²) < 4.78 is 1.76. The summed E-state index contributed by atoms with van der Waals surface area (Å²) in [5.41, 5.74) is 3.76. The molecule has 0 radical (unpaired) electrons. The highest BCUT2D eigenvalue weighted by atomic mass is 32.1. The van der Waals surface area contributed by atoms with Crippen molar-refractivity contribution in [3.63, 3.8) is 0 Å². The Morgan fingerprint density at radius 3 is 2.65 bits per heavy atom. The number of aromatic nitrogens is 4. The molecule has 134 valence electrons. The second kappa shape index (κ2) is 6.35. The first-order chi connectivity index (χ1) is 12.8. The molecular weight excluding hydrogens is 348 g/mol. The summed E-state index contributed by atoms with van der Waals surface area (Å²) in [5, 5.41) is 9.77. The van der Waals surface area contributed by atoms with Crippen LogP contribution in [-0.2, 0) is 6.54 Å². The molecule has 2 aliphatic rings. The molecule has 1 aliphatic carbocycles. The van der Waals surface area contributed by atoms with Gasteiger partial charge in [-0.15, -0.1) is 10.2 Å². The van der Waals surface area contributed by atoms with Crippen molar-refractivity contribution in [1.82, 2.24) is 19.7 Å². The quantitative estimate of drug-likeness (QED) is 0.702. The molecule has 1 aliphatic heterocycles. The van der Waals surface area contributed by atoms with Crippen LogP contribution in [0.15, 0.2) is 34.8 Å². The Balaban J connectivity index is 1.36. The summed E-state index contributed by atoms with van der Waals surface area (Å²) in [5.74, 6) is 0.663. The third kappa shape index (κ3) is 2.94. The van der Waals surface area contributed by atoms with Gasteiger partial charge in [0.15, 0.2) is 0 Å². The van der Waals surface area contributed by atoms with Crippen molar-refractivity contribution in [1.29, 1.82) is 0 Å². The van der Waals surface area contributed by atoms with Crippen molar-refractivity contribution < 1.29 is 0 Å². The molecule has 3 heterocycles. The van der Waals surface area contributed by atoms with Crippen LogP contribution in [0.5, 0.6) is 0 Å². The molecule has 1 saturated heterocycles. The molecule has 5 rings (SSSR count). The molecule has 0 unspecified atom stereocenters. The molecule has 0 N–H and O–H groups in total. The van der Waals surface area contributed by atoms with E-state index in [0.29, 0.717) is 11.3 Å². The predicted molar refractivity (Wildman–Crippen MR) is 103 cm³/mol. The van der Waals surface area contributed by atoms with Crippen LogP contribution in [0.1, 0.15) is 12.8 Å². The number of hydrogen-bond donors (Lipinski definition) is 0. The summed E-state index contributed by atoms with van der Waals surface area (Å²) in [6.45, 7) is 4.48. The van der Waals surface area contributed by atoms with E-state index in [2.05, 4.69) is 25.0 Å². The Morgan fingerprint density at radius 2 is 1.92 bits per heavy atom. The van der Waals surface area contributed by atoms with Crippen LogP contribution in [0.2, 0.25) is 0 Å². The summed E-state index contributed by atoms with van der Waals surface area (Å²) in [6, 6.07) is 6.02. The third-order valence-electron chi connectivity index (χ3n) is 5.22. The van der Waals surface area contributed by atoms with Crippen molar-refractivity contribution in [2.45, 2.75) is 19.4 Å². The van der Waals surface area contributed by atoms with E-state index >= 15 is 0 Å². The van der Waals surface area contributed by atoms with E-state index in [9.17, 15) is 4.79 Å². The highest BCUT2D eigenvalue weighted by Crippen LogP contribution is 2.30.